The number of nitrogens with two attached hydrogens (primary N) is 1. The molecule has 0 bridgehead atoms. The molecule has 0 saturated heterocycles. The largest absolute Gasteiger partial charge is 0.324 e. The number of rotatable bonds is 2. The molecule has 1 heterocycles. The molecule has 2 heteroatoms. The highest BCUT2D eigenvalue weighted by Crippen LogP contribution is 2.46. The van der Waals surface area contributed by atoms with E-state index in [1.807, 2.05) is 11.3 Å². The molecule has 1 aliphatic carbocycles. The minimum Gasteiger partial charge on any atom is -0.324 e. The Morgan fingerprint density at radius 2 is 2.19 bits per heavy atom. The van der Waals surface area contributed by atoms with E-state index in [1.165, 1.54) is 36.1 Å². The Balaban J connectivity index is 2.20. The Labute approximate surface area is 103 Å². The van der Waals surface area contributed by atoms with E-state index in [4.69, 9.17) is 5.73 Å². The van der Waals surface area contributed by atoms with Crippen LogP contribution in [0, 0.1) is 18.3 Å². The first-order valence-corrected chi connectivity index (χ1v) is 7.20. The van der Waals surface area contributed by atoms with Crippen LogP contribution < -0.4 is 5.73 Å². The lowest BCUT2D eigenvalue weighted by Gasteiger charge is -2.42. The smallest absolute Gasteiger partial charge is 0.0339 e. The summed E-state index contributed by atoms with van der Waals surface area (Å²) >= 11 is 1.82. The van der Waals surface area contributed by atoms with Crippen molar-refractivity contribution < 1.29 is 0 Å². The van der Waals surface area contributed by atoms with Crippen molar-refractivity contribution in [1.29, 1.82) is 0 Å². The summed E-state index contributed by atoms with van der Waals surface area (Å²) in [5.41, 5.74) is 8.29. The van der Waals surface area contributed by atoms with Crippen molar-refractivity contribution in [2.45, 2.75) is 52.5 Å². The van der Waals surface area contributed by atoms with E-state index in [1.54, 1.807) is 0 Å². The zero-order valence-electron chi connectivity index (χ0n) is 10.6. The standard InChI is InChI=1S/C14H23NS/c1-10-11(7-9-16-10)13(15)12-6-4-5-8-14(12,2)3/h7,9,12-13H,4-6,8,15H2,1-3H3. The number of aryl methyl sites for hydroxylation is 1. The van der Waals surface area contributed by atoms with Gasteiger partial charge in [0.05, 0.1) is 0 Å². The maximum atomic E-state index is 6.50. The van der Waals surface area contributed by atoms with Gasteiger partial charge in [-0.2, -0.15) is 0 Å². The molecule has 1 aliphatic rings. The van der Waals surface area contributed by atoms with Crippen LogP contribution in [0.25, 0.3) is 0 Å². The highest BCUT2D eigenvalue weighted by Gasteiger charge is 2.37. The lowest BCUT2D eigenvalue weighted by Crippen LogP contribution is -2.36. The minimum atomic E-state index is 0.238. The molecular formula is C14H23NS. The molecule has 1 saturated carbocycles. The lowest BCUT2D eigenvalue weighted by molar-refractivity contribution is 0.112. The van der Waals surface area contributed by atoms with Crippen LogP contribution in [0.2, 0.25) is 0 Å². The minimum absolute atomic E-state index is 0.238. The summed E-state index contributed by atoms with van der Waals surface area (Å²) in [5.74, 6) is 0.648. The second-order valence-corrected chi connectivity index (χ2v) is 6.92. The highest BCUT2D eigenvalue weighted by molar-refractivity contribution is 7.10. The van der Waals surface area contributed by atoms with Crippen molar-refractivity contribution >= 4 is 11.3 Å². The molecule has 2 atom stereocenters. The molecule has 1 aromatic heterocycles. The molecule has 0 spiro atoms. The molecule has 2 unspecified atom stereocenters. The van der Waals surface area contributed by atoms with Gasteiger partial charge >= 0.3 is 0 Å². The maximum Gasteiger partial charge on any atom is 0.0339 e. The number of hydrogen-bond acceptors (Lipinski definition) is 2. The van der Waals surface area contributed by atoms with E-state index >= 15 is 0 Å². The van der Waals surface area contributed by atoms with Gasteiger partial charge in [-0.05, 0) is 48.1 Å². The fourth-order valence-corrected chi connectivity index (χ4v) is 3.90. The molecule has 16 heavy (non-hydrogen) atoms. The first kappa shape index (κ1) is 12.1. The van der Waals surface area contributed by atoms with E-state index in [9.17, 15) is 0 Å². The normalized spacial score (nSPS) is 26.6. The predicted molar refractivity (Wildman–Crippen MR) is 71.7 cm³/mol. The van der Waals surface area contributed by atoms with Gasteiger partial charge in [-0.25, -0.2) is 0 Å². The van der Waals surface area contributed by atoms with Crippen LogP contribution in [0.15, 0.2) is 11.4 Å². The van der Waals surface area contributed by atoms with Crippen molar-refractivity contribution in [2.75, 3.05) is 0 Å². The van der Waals surface area contributed by atoms with Crippen molar-refractivity contribution in [3.63, 3.8) is 0 Å². The van der Waals surface area contributed by atoms with Gasteiger partial charge in [-0.3, -0.25) is 0 Å². The van der Waals surface area contributed by atoms with E-state index < -0.39 is 0 Å². The average Bonchev–Trinajstić information content (AvgIpc) is 2.63. The van der Waals surface area contributed by atoms with Crippen molar-refractivity contribution in [1.82, 2.24) is 0 Å². The molecule has 0 aromatic carbocycles. The Morgan fingerprint density at radius 1 is 1.44 bits per heavy atom. The summed E-state index contributed by atoms with van der Waals surface area (Å²) < 4.78 is 0. The summed E-state index contributed by atoms with van der Waals surface area (Å²) in [6.45, 7) is 6.96. The Hall–Kier alpha value is -0.340. The molecule has 2 rings (SSSR count). The number of thiophene rings is 1. The van der Waals surface area contributed by atoms with Gasteiger partial charge in [0.15, 0.2) is 0 Å². The summed E-state index contributed by atoms with van der Waals surface area (Å²) in [7, 11) is 0. The Bertz CT molecular complexity index is 353. The van der Waals surface area contributed by atoms with E-state index in [0.29, 0.717) is 11.3 Å². The molecule has 2 N–H and O–H groups in total. The van der Waals surface area contributed by atoms with E-state index in [0.717, 1.165) is 0 Å². The molecule has 90 valence electrons. The lowest BCUT2D eigenvalue weighted by atomic mass is 9.65. The van der Waals surface area contributed by atoms with Crippen molar-refractivity contribution in [3.8, 4) is 0 Å². The van der Waals surface area contributed by atoms with Crippen molar-refractivity contribution in [3.05, 3.63) is 21.9 Å². The third-order valence-corrected chi connectivity index (χ3v) is 5.14. The van der Waals surface area contributed by atoms with E-state index in [2.05, 4.69) is 32.2 Å². The van der Waals surface area contributed by atoms with Gasteiger partial charge in [0.25, 0.3) is 0 Å². The van der Waals surface area contributed by atoms with Crippen molar-refractivity contribution in [2.24, 2.45) is 17.1 Å². The van der Waals surface area contributed by atoms with Gasteiger partial charge in [0.2, 0.25) is 0 Å². The second kappa shape index (κ2) is 4.50. The molecular weight excluding hydrogens is 214 g/mol. The van der Waals surface area contributed by atoms with Crippen LogP contribution in [-0.2, 0) is 0 Å². The van der Waals surface area contributed by atoms with Crippen LogP contribution in [-0.4, -0.2) is 0 Å². The summed E-state index contributed by atoms with van der Waals surface area (Å²) in [6.07, 6.45) is 5.35. The van der Waals surface area contributed by atoms with Gasteiger partial charge in [-0.15, -0.1) is 11.3 Å². The summed E-state index contributed by atoms with van der Waals surface area (Å²) in [6, 6.07) is 2.46. The zero-order valence-corrected chi connectivity index (χ0v) is 11.4. The Morgan fingerprint density at radius 3 is 2.75 bits per heavy atom. The molecule has 1 nitrogen and oxygen atoms in total. The van der Waals surface area contributed by atoms with Crippen LogP contribution >= 0.6 is 11.3 Å². The molecule has 1 aromatic rings. The first-order chi connectivity index (χ1) is 7.52. The third-order valence-electron chi connectivity index (χ3n) is 4.28. The van der Waals surface area contributed by atoms with Crippen LogP contribution in [0.3, 0.4) is 0 Å². The predicted octanol–water partition coefficient (Wildman–Crippen LogP) is 4.27. The quantitative estimate of drug-likeness (QED) is 0.816. The monoisotopic (exact) mass is 237 g/mol. The van der Waals surface area contributed by atoms with Gasteiger partial charge in [0.1, 0.15) is 0 Å². The van der Waals surface area contributed by atoms with Crippen LogP contribution in [0.1, 0.15) is 56.0 Å². The average molecular weight is 237 g/mol. The van der Waals surface area contributed by atoms with Crippen LogP contribution in [0.4, 0.5) is 0 Å². The fraction of sp³-hybridized carbons (Fsp3) is 0.714. The first-order valence-electron chi connectivity index (χ1n) is 6.32. The molecule has 0 aliphatic heterocycles. The molecule has 1 fully saturated rings. The highest BCUT2D eigenvalue weighted by atomic mass is 32.1. The Kier molecular flexibility index (Phi) is 3.41. The second-order valence-electron chi connectivity index (χ2n) is 5.80. The summed E-state index contributed by atoms with van der Waals surface area (Å²) in [5, 5.41) is 2.17. The van der Waals surface area contributed by atoms with Gasteiger partial charge in [-0.1, -0.05) is 26.7 Å². The van der Waals surface area contributed by atoms with Crippen LogP contribution in [0.5, 0.6) is 0 Å². The van der Waals surface area contributed by atoms with Gasteiger partial charge in [0, 0.05) is 10.9 Å². The zero-order chi connectivity index (χ0) is 11.8. The fourth-order valence-electron chi connectivity index (χ4n) is 3.14. The third kappa shape index (κ3) is 2.18. The maximum absolute atomic E-state index is 6.50. The molecule has 0 radical (unpaired) electrons. The topological polar surface area (TPSA) is 26.0 Å². The summed E-state index contributed by atoms with van der Waals surface area (Å²) in [4.78, 5) is 1.40. The SMILES string of the molecule is Cc1sccc1C(N)C1CCCCC1(C)C. The van der Waals surface area contributed by atoms with E-state index in [-0.39, 0.29) is 6.04 Å². The van der Waals surface area contributed by atoms with Gasteiger partial charge < -0.3 is 5.73 Å². The number of hydrogen-bond donors (Lipinski definition) is 1. The molecule has 0 amide bonds.